The minimum atomic E-state index is -4.27. The lowest BCUT2D eigenvalue weighted by Crippen LogP contribution is -2.63. The average Bonchev–Trinajstić information content (AvgIpc) is 3.86. The van der Waals surface area contributed by atoms with Gasteiger partial charge in [0.25, 0.3) is 5.91 Å². The predicted molar refractivity (Wildman–Crippen MR) is 231 cm³/mol. The van der Waals surface area contributed by atoms with Crippen LogP contribution in [0, 0.1) is 33.5 Å². The van der Waals surface area contributed by atoms with E-state index in [1.54, 1.807) is 25.7 Å². The van der Waals surface area contributed by atoms with Crippen molar-refractivity contribution in [2.45, 2.75) is 194 Å². The summed E-state index contributed by atoms with van der Waals surface area (Å²) >= 11 is 0. The third-order valence-corrected chi connectivity index (χ3v) is 17.1. The zero-order valence-electron chi connectivity index (χ0n) is 38.1. The normalized spacial score (nSPS) is 31.2. The fraction of sp³-hybridized carbons (Fsp3) is 0.844. The first-order valence-corrected chi connectivity index (χ1v) is 24.2. The fourth-order valence-corrected chi connectivity index (χ4v) is 13.3. The quantitative estimate of drug-likeness (QED) is 0.168. The molecular weight excluding hydrogens is 783 g/mol. The number of nitrogens with one attached hydrogen (secondary N) is 5. The van der Waals surface area contributed by atoms with E-state index in [1.807, 2.05) is 20.8 Å². The molecule has 4 saturated carbocycles. The maximum atomic E-state index is 15.3. The van der Waals surface area contributed by atoms with Gasteiger partial charge < -0.3 is 20.9 Å². The average molecular weight is 858 g/mol. The molecule has 6 fully saturated rings. The van der Waals surface area contributed by atoms with E-state index in [0.29, 0.717) is 13.0 Å². The van der Waals surface area contributed by atoms with Gasteiger partial charge in [-0.15, -0.1) is 6.58 Å². The van der Waals surface area contributed by atoms with Crippen molar-refractivity contribution >= 4 is 39.7 Å². The number of hydrogen-bond donors (Lipinski definition) is 5. The van der Waals surface area contributed by atoms with Crippen LogP contribution >= 0.6 is 0 Å². The molecule has 4 aliphatic carbocycles. The van der Waals surface area contributed by atoms with E-state index in [1.165, 1.54) is 6.08 Å². The Labute approximate surface area is 359 Å². The van der Waals surface area contributed by atoms with Gasteiger partial charge in [0, 0.05) is 29.5 Å². The van der Waals surface area contributed by atoms with Gasteiger partial charge in [0.05, 0.1) is 6.04 Å². The molecular formula is C45H75N7O7S. The van der Waals surface area contributed by atoms with Gasteiger partial charge in [-0.3, -0.25) is 28.9 Å². The Kier molecular flexibility index (Phi) is 12.6. The Balaban J connectivity index is 1.28. The Morgan fingerprint density at radius 2 is 1.43 bits per heavy atom. The number of hydrogen-bond acceptors (Lipinski definition) is 8. The van der Waals surface area contributed by atoms with E-state index in [2.05, 4.69) is 64.6 Å². The third-order valence-electron chi connectivity index (χ3n) is 15.7. The summed E-state index contributed by atoms with van der Waals surface area (Å²) in [6.07, 6.45) is 12.4. The van der Waals surface area contributed by atoms with Crippen LogP contribution < -0.4 is 25.4 Å². The standard InChI is InChI=1S/C45H75N7O7S/c1-12-30-25-45(30,39(57)49-60(58,59)50-41(7,8)9)48-36(54)32-26-44(42(10,11)43(44)22-18-23-43)27-52(32)38(56)34(40(4,5)6)47-37(55)33(29-19-14-13-15-20-29)46-35(53)31-21-16-17-24-51(31)28(2)3/h12,28-34,50H,1,13-27H2,2-11H3,(H,46,53)(H,47,55)(H,48,54)(H,49,57)/t30-,31+,32+,33?,34-,44-,45-/m1/s1. The van der Waals surface area contributed by atoms with Crippen LogP contribution in [-0.2, 0) is 34.2 Å². The summed E-state index contributed by atoms with van der Waals surface area (Å²) in [7, 11) is -4.27. The van der Waals surface area contributed by atoms with E-state index >= 15 is 4.79 Å². The topological polar surface area (TPSA) is 186 Å². The molecule has 6 rings (SSSR count). The zero-order valence-corrected chi connectivity index (χ0v) is 38.9. The van der Waals surface area contributed by atoms with Crippen molar-refractivity contribution in [1.82, 2.24) is 35.2 Å². The van der Waals surface area contributed by atoms with Crippen LogP contribution in [0.5, 0.6) is 0 Å². The van der Waals surface area contributed by atoms with Gasteiger partial charge >= 0.3 is 10.2 Å². The van der Waals surface area contributed by atoms with Crippen LogP contribution in [0.3, 0.4) is 0 Å². The Morgan fingerprint density at radius 3 is 1.95 bits per heavy atom. The summed E-state index contributed by atoms with van der Waals surface area (Å²) in [6.45, 7) is 24.3. The second kappa shape index (κ2) is 16.3. The van der Waals surface area contributed by atoms with Gasteiger partial charge in [0.15, 0.2) is 0 Å². The van der Waals surface area contributed by atoms with Gasteiger partial charge in [-0.05, 0) is 115 Å². The number of carbonyl (C=O) groups is 5. The molecule has 0 bridgehead atoms. The number of rotatable bonds is 13. The van der Waals surface area contributed by atoms with Crippen LogP contribution in [0.15, 0.2) is 12.7 Å². The van der Waals surface area contributed by atoms with Crippen molar-refractivity contribution in [3.8, 4) is 0 Å². The Morgan fingerprint density at radius 1 is 0.800 bits per heavy atom. The van der Waals surface area contributed by atoms with Gasteiger partial charge in [0.2, 0.25) is 23.6 Å². The number of amides is 5. The van der Waals surface area contributed by atoms with Gasteiger partial charge in [-0.25, -0.2) is 4.72 Å². The molecule has 2 heterocycles. The molecule has 0 aromatic rings. The maximum Gasteiger partial charge on any atom is 0.301 e. The lowest BCUT2D eigenvalue weighted by atomic mass is 9.73. The number of carbonyl (C=O) groups excluding carboxylic acids is 5. The Bertz CT molecular complexity index is 1830. The molecule has 7 atom stereocenters. The van der Waals surface area contributed by atoms with Crippen molar-refractivity contribution in [3.63, 3.8) is 0 Å². The Hall–Kier alpha value is -3.04. The lowest BCUT2D eigenvalue weighted by Gasteiger charge is -2.40. The largest absolute Gasteiger partial charge is 0.343 e. The second-order valence-electron chi connectivity index (χ2n) is 22.2. The number of nitrogens with zero attached hydrogens (tertiary/aromatic N) is 2. The molecule has 0 radical (unpaired) electrons. The van der Waals surface area contributed by atoms with E-state index in [0.717, 1.165) is 77.2 Å². The van der Waals surface area contributed by atoms with Crippen LogP contribution in [0.25, 0.3) is 0 Å². The highest BCUT2D eigenvalue weighted by Crippen LogP contribution is 2.88. The molecule has 14 nitrogen and oxygen atoms in total. The van der Waals surface area contributed by atoms with E-state index in [9.17, 15) is 27.6 Å². The van der Waals surface area contributed by atoms with E-state index in [-0.39, 0.29) is 58.4 Å². The minimum absolute atomic E-state index is 0.0294. The first kappa shape index (κ1) is 46.5. The minimum Gasteiger partial charge on any atom is -0.343 e. The van der Waals surface area contributed by atoms with Crippen molar-refractivity contribution in [2.75, 3.05) is 13.1 Å². The predicted octanol–water partition coefficient (Wildman–Crippen LogP) is 4.45. The van der Waals surface area contributed by atoms with Crippen molar-refractivity contribution in [3.05, 3.63) is 12.7 Å². The highest BCUT2D eigenvalue weighted by atomic mass is 32.2. The first-order chi connectivity index (χ1) is 27.8. The zero-order chi connectivity index (χ0) is 44.4. The smallest absolute Gasteiger partial charge is 0.301 e. The van der Waals surface area contributed by atoms with Crippen LogP contribution in [-0.4, -0.2) is 102 Å². The highest BCUT2D eigenvalue weighted by Gasteiger charge is 2.85. The monoisotopic (exact) mass is 858 g/mol. The molecule has 2 aliphatic heterocycles. The summed E-state index contributed by atoms with van der Waals surface area (Å²) < 4.78 is 30.5. The fourth-order valence-electron chi connectivity index (χ4n) is 12.1. The molecule has 6 aliphatic rings. The van der Waals surface area contributed by atoms with Crippen LogP contribution in [0.4, 0.5) is 0 Å². The molecule has 5 amide bonds. The summed E-state index contributed by atoms with van der Waals surface area (Å²) in [4.78, 5) is 76.5. The van der Waals surface area contributed by atoms with Crippen LogP contribution in [0.1, 0.15) is 153 Å². The number of likely N-dealkylation sites (tertiary alicyclic amines) is 2. The van der Waals surface area contributed by atoms with E-state index in [4.69, 9.17) is 0 Å². The number of fused-ring (bicyclic) bond motifs is 1. The third kappa shape index (κ3) is 8.41. The van der Waals surface area contributed by atoms with Gasteiger partial charge in [-0.2, -0.15) is 13.1 Å². The van der Waals surface area contributed by atoms with Crippen molar-refractivity contribution in [2.24, 2.45) is 33.5 Å². The second-order valence-corrected chi connectivity index (χ2v) is 23.6. The summed E-state index contributed by atoms with van der Waals surface area (Å²) in [6, 6.07) is -2.97. The molecule has 15 heteroatoms. The van der Waals surface area contributed by atoms with E-state index < -0.39 is 62.6 Å². The van der Waals surface area contributed by atoms with Crippen molar-refractivity contribution in [1.29, 1.82) is 0 Å². The molecule has 0 aromatic carbocycles. The summed E-state index contributed by atoms with van der Waals surface area (Å²) in [5.41, 5.74) is -3.73. The van der Waals surface area contributed by atoms with Crippen LogP contribution in [0.2, 0.25) is 0 Å². The molecule has 60 heavy (non-hydrogen) atoms. The molecule has 338 valence electrons. The highest BCUT2D eigenvalue weighted by molar-refractivity contribution is 7.88. The maximum absolute atomic E-state index is 15.3. The lowest BCUT2D eigenvalue weighted by molar-refractivity contribution is -0.145. The molecule has 2 saturated heterocycles. The number of piperidine rings is 1. The van der Waals surface area contributed by atoms with Crippen molar-refractivity contribution < 1.29 is 32.4 Å². The first-order valence-electron chi connectivity index (χ1n) is 22.7. The molecule has 1 unspecified atom stereocenters. The van der Waals surface area contributed by atoms with Gasteiger partial charge in [0.1, 0.15) is 23.7 Å². The molecule has 5 N–H and O–H groups in total. The summed E-state index contributed by atoms with van der Waals surface area (Å²) in [5.74, 6) is -2.92. The molecule has 0 aromatic heterocycles. The summed E-state index contributed by atoms with van der Waals surface area (Å²) in [5, 5.41) is 9.28. The van der Waals surface area contributed by atoms with Gasteiger partial charge in [-0.1, -0.05) is 72.8 Å². The molecule has 2 spiro atoms. The SMILES string of the molecule is C=C[C@@H]1C[C@]1(NC(=O)[C@@H]1C[C@@]2(CN1C(=O)[C@@H](NC(=O)C(NC(=O)[C@@H]1CCCCN1C(C)C)C1CCCCC1)C(C)(C)C)C(C)(C)C21CCC1)C(=O)NS(=O)(=O)NC(C)(C)C.